The molecule has 0 fully saturated rings. The van der Waals surface area contributed by atoms with Crippen LogP contribution in [0.3, 0.4) is 0 Å². The van der Waals surface area contributed by atoms with Crippen molar-refractivity contribution >= 4 is 45.6 Å². The molecule has 0 spiro atoms. The molecular weight excluding hydrogens is 368 g/mol. The van der Waals surface area contributed by atoms with Crippen LogP contribution in [-0.4, -0.2) is 28.1 Å². The van der Waals surface area contributed by atoms with Crippen LogP contribution in [0, 0.1) is 0 Å². The summed E-state index contributed by atoms with van der Waals surface area (Å²) >= 11 is 5.96. The topological polar surface area (TPSA) is 96.4 Å². The number of fused-ring (bicyclic) bond motifs is 1. The number of hydrogen-bond acceptors (Lipinski definition) is 6. The Morgan fingerprint density at radius 1 is 1.26 bits per heavy atom. The minimum Gasteiger partial charge on any atom is -0.506 e. The van der Waals surface area contributed by atoms with Gasteiger partial charge in [-0.15, -0.1) is 0 Å². The molecule has 0 saturated carbocycles. The van der Waals surface area contributed by atoms with Crippen molar-refractivity contribution in [2.45, 2.75) is 6.92 Å². The number of rotatable bonds is 5. The van der Waals surface area contributed by atoms with E-state index in [4.69, 9.17) is 16.3 Å². The zero-order valence-electron chi connectivity index (χ0n) is 14.7. The number of halogens is 1. The van der Waals surface area contributed by atoms with Crippen molar-refractivity contribution in [3.63, 3.8) is 0 Å². The van der Waals surface area contributed by atoms with Crippen molar-refractivity contribution in [1.82, 2.24) is 9.97 Å². The van der Waals surface area contributed by atoms with Crippen molar-refractivity contribution in [2.24, 2.45) is 0 Å². The number of aromatic nitrogens is 2. The van der Waals surface area contributed by atoms with Crippen LogP contribution in [0.25, 0.3) is 10.9 Å². The molecule has 27 heavy (non-hydrogen) atoms. The molecule has 3 N–H and O–H groups in total. The van der Waals surface area contributed by atoms with Crippen molar-refractivity contribution in [3.8, 4) is 11.5 Å². The fraction of sp³-hybridized carbons (Fsp3) is 0.105. The number of phenolic OH excluding ortho intramolecular Hbond substituents is 1. The highest BCUT2D eigenvalue weighted by atomic mass is 35.5. The lowest BCUT2D eigenvalue weighted by molar-refractivity contribution is -0.111. The number of nitrogens with one attached hydrogen (secondary N) is 2. The van der Waals surface area contributed by atoms with Gasteiger partial charge in [0.05, 0.1) is 23.3 Å². The molecular formula is C19H17ClN4O3. The second kappa shape index (κ2) is 7.92. The monoisotopic (exact) mass is 384 g/mol. The van der Waals surface area contributed by atoms with Gasteiger partial charge in [0.25, 0.3) is 0 Å². The molecule has 0 unspecified atom stereocenters. The van der Waals surface area contributed by atoms with Gasteiger partial charge < -0.3 is 20.5 Å². The third-order valence-corrected chi connectivity index (χ3v) is 4.05. The first kappa shape index (κ1) is 18.5. The summed E-state index contributed by atoms with van der Waals surface area (Å²) in [7, 11) is 1.52. The third kappa shape index (κ3) is 4.09. The maximum absolute atomic E-state index is 11.9. The summed E-state index contributed by atoms with van der Waals surface area (Å²) in [4.78, 5) is 20.5. The van der Waals surface area contributed by atoms with Crippen LogP contribution >= 0.6 is 11.6 Å². The Morgan fingerprint density at radius 3 is 2.78 bits per heavy atom. The molecule has 7 nitrogen and oxygen atoms in total. The van der Waals surface area contributed by atoms with Crippen molar-refractivity contribution < 1.29 is 14.6 Å². The highest BCUT2D eigenvalue weighted by molar-refractivity contribution is 6.32. The molecule has 1 heterocycles. The smallest absolute Gasteiger partial charge is 0.248 e. The van der Waals surface area contributed by atoms with E-state index in [1.165, 1.54) is 25.6 Å². The summed E-state index contributed by atoms with van der Waals surface area (Å²) in [5, 5.41) is 16.4. The summed E-state index contributed by atoms with van der Waals surface area (Å²) in [6, 6.07) is 8.20. The summed E-state index contributed by atoms with van der Waals surface area (Å²) in [6.45, 7) is 1.76. The molecule has 0 radical (unpaired) electrons. The number of benzene rings is 2. The lowest BCUT2D eigenvalue weighted by atomic mass is 10.1. The summed E-state index contributed by atoms with van der Waals surface area (Å²) in [5.74, 6) is 0.726. The predicted molar refractivity (Wildman–Crippen MR) is 106 cm³/mol. The fourth-order valence-corrected chi connectivity index (χ4v) is 2.68. The average molecular weight is 385 g/mol. The van der Waals surface area contributed by atoms with Crippen molar-refractivity contribution in [1.29, 1.82) is 0 Å². The second-order valence-electron chi connectivity index (χ2n) is 5.57. The number of carbonyl (C=O) groups excluding carboxylic acids is 1. The molecule has 138 valence electrons. The van der Waals surface area contributed by atoms with E-state index in [1.807, 2.05) is 0 Å². The Bertz CT molecular complexity index is 1040. The number of carbonyl (C=O) groups is 1. The van der Waals surface area contributed by atoms with Gasteiger partial charge in [0, 0.05) is 17.1 Å². The van der Waals surface area contributed by atoms with Crippen LogP contribution in [0.5, 0.6) is 11.5 Å². The first-order chi connectivity index (χ1) is 13.0. The molecule has 2 aromatic carbocycles. The Balaban J connectivity index is 2.05. The number of anilines is 3. The van der Waals surface area contributed by atoms with Gasteiger partial charge in [-0.25, -0.2) is 9.97 Å². The Hall–Kier alpha value is -3.32. The maximum atomic E-state index is 11.9. The van der Waals surface area contributed by atoms with E-state index in [0.29, 0.717) is 33.8 Å². The minimum absolute atomic E-state index is 0.00604. The number of aromatic hydroxyl groups is 1. The molecule has 3 rings (SSSR count). The number of hydrogen-bond donors (Lipinski definition) is 3. The van der Waals surface area contributed by atoms with E-state index in [9.17, 15) is 9.90 Å². The lowest BCUT2D eigenvalue weighted by Crippen LogP contribution is -2.09. The standard InChI is InChI=1S/C19H17ClN4O3/c1-3-4-18(26)24-15-8-12-14(9-17(15)27-2)21-10-22-19(12)23-11-5-6-16(25)13(20)7-11/h3-10,25H,1-2H3,(H,24,26)(H,21,22,23)/b4-3+. The van der Waals surface area contributed by atoms with E-state index in [0.717, 1.165) is 0 Å². The van der Waals surface area contributed by atoms with Gasteiger partial charge in [-0.2, -0.15) is 0 Å². The largest absolute Gasteiger partial charge is 0.506 e. The normalized spacial score (nSPS) is 10.9. The number of allylic oxidation sites excluding steroid dienone is 1. The number of methoxy groups -OCH3 is 1. The Labute approximate surface area is 160 Å². The van der Waals surface area contributed by atoms with Crippen LogP contribution in [0.2, 0.25) is 5.02 Å². The number of ether oxygens (including phenoxy) is 1. The molecule has 8 heteroatoms. The van der Waals surface area contributed by atoms with E-state index in [-0.39, 0.29) is 16.7 Å². The highest BCUT2D eigenvalue weighted by Crippen LogP contribution is 2.34. The Morgan fingerprint density at radius 2 is 2.07 bits per heavy atom. The number of nitrogens with zero attached hydrogens (tertiary/aromatic N) is 2. The van der Waals surface area contributed by atoms with Gasteiger partial charge >= 0.3 is 0 Å². The Kier molecular flexibility index (Phi) is 5.42. The van der Waals surface area contributed by atoms with Crippen molar-refractivity contribution in [3.05, 3.63) is 53.8 Å². The van der Waals surface area contributed by atoms with Gasteiger partial charge in [-0.1, -0.05) is 17.7 Å². The summed E-state index contributed by atoms with van der Waals surface area (Å²) in [5.41, 5.74) is 1.78. The van der Waals surface area contributed by atoms with Crippen molar-refractivity contribution in [2.75, 3.05) is 17.7 Å². The molecule has 1 aromatic heterocycles. The van der Waals surface area contributed by atoms with E-state index in [1.54, 1.807) is 37.3 Å². The molecule has 0 aliphatic carbocycles. The predicted octanol–water partition coefficient (Wildman–Crippen LogP) is 4.26. The van der Waals surface area contributed by atoms with Crippen LogP contribution in [0.1, 0.15) is 6.92 Å². The molecule has 0 atom stereocenters. The first-order valence-corrected chi connectivity index (χ1v) is 8.41. The molecule has 0 bridgehead atoms. The molecule has 0 aliphatic rings. The molecule has 0 aliphatic heterocycles. The quantitative estimate of drug-likeness (QED) is 0.449. The molecule has 3 aromatic rings. The SMILES string of the molecule is C/C=C/C(=O)Nc1cc2c(Nc3ccc(O)c(Cl)c3)ncnc2cc1OC. The highest BCUT2D eigenvalue weighted by Gasteiger charge is 2.12. The zero-order chi connectivity index (χ0) is 19.4. The second-order valence-corrected chi connectivity index (χ2v) is 5.98. The summed E-state index contributed by atoms with van der Waals surface area (Å²) < 4.78 is 5.35. The van der Waals surface area contributed by atoms with Gasteiger partial charge in [0.15, 0.2) is 0 Å². The van der Waals surface area contributed by atoms with Gasteiger partial charge in [0.1, 0.15) is 23.6 Å². The lowest BCUT2D eigenvalue weighted by Gasteiger charge is -2.13. The van der Waals surface area contributed by atoms with Crippen LogP contribution in [0.4, 0.5) is 17.2 Å². The minimum atomic E-state index is -0.271. The zero-order valence-corrected chi connectivity index (χ0v) is 15.4. The number of amides is 1. The van der Waals surface area contributed by atoms with E-state index < -0.39 is 0 Å². The average Bonchev–Trinajstić information content (AvgIpc) is 2.65. The van der Waals surface area contributed by atoms with Crippen LogP contribution in [-0.2, 0) is 4.79 Å². The van der Waals surface area contributed by atoms with E-state index >= 15 is 0 Å². The van der Waals surface area contributed by atoms with Gasteiger partial charge in [-0.05, 0) is 37.3 Å². The van der Waals surface area contributed by atoms with Crippen LogP contribution in [0.15, 0.2) is 48.8 Å². The fourth-order valence-electron chi connectivity index (χ4n) is 2.50. The van der Waals surface area contributed by atoms with Gasteiger partial charge in [-0.3, -0.25) is 4.79 Å². The van der Waals surface area contributed by atoms with E-state index in [2.05, 4.69) is 20.6 Å². The first-order valence-electron chi connectivity index (χ1n) is 8.03. The van der Waals surface area contributed by atoms with Crippen LogP contribution < -0.4 is 15.4 Å². The maximum Gasteiger partial charge on any atom is 0.248 e. The third-order valence-electron chi connectivity index (χ3n) is 3.74. The number of phenols is 1. The molecule has 0 saturated heterocycles. The summed E-state index contributed by atoms with van der Waals surface area (Å²) in [6.07, 6.45) is 4.49. The van der Waals surface area contributed by atoms with Gasteiger partial charge in [0.2, 0.25) is 5.91 Å². The molecule has 1 amide bonds.